The van der Waals surface area contributed by atoms with E-state index in [1.807, 2.05) is 0 Å². The predicted molar refractivity (Wildman–Crippen MR) is 84.9 cm³/mol. The highest BCUT2D eigenvalue weighted by Crippen LogP contribution is 2.45. The van der Waals surface area contributed by atoms with E-state index in [2.05, 4.69) is 10.4 Å². The van der Waals surface area contributed by atoms with Crippen molar-refractivity contribution < 1.29 is 27.9 Å². The van der Waals surface area contributed by atoms with E-state index in [9.17, 15) is 22.8 Å². The van der Waals surface area contributed by atoms with Gasteiger partial charge in [0.1, 0.15) is 0 Å². The number of aromatic nitrogens is 2. The van der Waals surface area contributed by atoms with Gasteiger partial charge in [-0.3, -0.25) is 9.59 Å². The molecule has 0 aliphatic heterocycles. The minimum Gasteiger partial charge on any atom is -0.481 e. The normalized spacial score (nSPS) is 15.5. The Hall–Kier alpha value is -2.84. The summed E-state index contributed by atoms with van der Waals surface area (Å²) in [7, 11) is 0. The van der Waals surface area contributed by atoms with Crippen molar-refractivity contribution in [1.29, 1.82) is 0 Å². The molecule has 1 aliphatic rings. The van der Waals surface area contributed by atoms with E-state index in [4.69, 9.17) is 5.11 Å². The molecule has 1 saturated carbocycles. The third kappa shape index (κ3) is 3.16. The minimum atomic E-state index is -4.81. The zero-order valence-electron chi connectivity index (χ0n) is 13.8. The molecule has 1 amide bonds. The number of nitrogens with one attached hydrogen (secondary N) is 1. The molecule has 9 heteroatoms. The molecule has 0 radical (unpaired) electrons. The summed E-state index contributed by atoms with van der Waals surface area (Å²) in [5.41, 5.74) is -2.12. The third-order valence-electron chi connectivity index (χ3n) is 4.52. The molecule has 6 nitrogen and oxygen atoms in total. The Morgan fingerprint density at radius 1 is 1.31 bits per heavy atom. The smallest absolute Gasteiger partial charge is 0.434 e. The molecular formula is C17H16F3N3O3. The summed E-state index contributed by atoms with van der Waals surface area (Å²) in [5, 5.41) is 15.2. The van der Waals surface area contributed by atoms with Gasteiger partial charge in [-0.25, -0.2) is 4.68 Å². The standard InChI is InChI=1S/C17H16F3N3O3/c1-10-4-2-3-5-12(10)23-13(17(18,19)20)11(8-22-23)14(24)21-9-16(6-7-16)15(25)26/h2-5,8H,6-7,9H2,1H3,(H,21,24)(H,25,26). The Bertz CT molecular complexity index is 870. The number of rotatable bonds is 5. The Kier molecular flexibility index (Phi) is 4.25. The first-order chi connectivity index (χ1) is 12.2. The maximum absolute atomic E-state index is 13.6. The molecule has 2 N–H and O–H groups in total. The van der Waals surface area contributed by atoms with Crippen LogP contribution in [0, 0.1) is 12.3 Å². The molecule has 0 saturated heterocycles. The molecule has 1 aromatic carbocycles. The lowest BCUT2D eigenvalue weighted by atomic mass is 10.1. The fourth-order valence-corrected chi connectivity index (χ4v) is 2.73. The van der Waals surface area contributed by atoms with Crippen LogP contribution in [0.15, 0.2) is 30.5 Å². The first-order valence-corrected chi connectivity index (χ1v) is 7.88. The van der Waals surface area contributed by atoms with E-state index in [-0.39, 0.29) is 12.2 Å². The highest BCUT2D eigenvalue weighted by atomic mass is 19.4. The summed E-state index contributed by atoms with van der Waals surface area (Å²) in [4.78, 5) is 23.4. The van der Waals surface area contributed by atoms with Crippen LogP contribution in [0.4, 0.5) is 13.2 Å². The molecule has 0 bridgehead atoms. The number of carbonyl (C=O) groups excluding carboxylic acids is 1. The van der Waals surface area contributed by atoms with Crippen molar-refractivity contribution in [3.8, 4) is 5.69 Å². The molecule has 2 aromatic rings. The highest BCUT2D eigenvalue weighted by molar-refractivity contribution is 5.96. The van der Waals surface area contributed by atoms with Crippen LogP contribution in [-0.2, 0) is 11.0 Å². The first kappa shape index (κ1) is 18.0. The molecule has 1 fully saturated rings. The lowest BCUT2D eigenvalue weighted by Gasteiger charge is -2.15. The highest BCUT2D eigenvalue weighted by Gasteiger charge is 2.50. The largest absolute Gasteiger partial charge is 0.481 e. The van der Waals surface area contributed by atoms with Gasteiger partial charge in [-0.15, -0.1) is 0 Å². The van der Waals surface area contributed by atoms with E-state index >= 15 is 0 Å². The average Bonchev–Trinajstić information content (AvgIpc) is 3.22. The quantitative estimate of drug-likeness (QED) is 0.851. The van der Waals surface area contributed by atoms with Crippen LogP contribution in [0.25, 0.3) is 5.69 Å². The van der Waals surface area contributed by atoms with Gasteiger partial charge in [0.15, 0.2) is 5.69 Å². The fraction of sp³-hybridized carbons (Fsp3) is 0.353. The molecule has 1 aliphatic carbocycles. The van der Waals surface area contributed by atoms with E-state index in [0.29, 0.717) is 23.1 Å². The second-order valence-electron chi connectivity index (χ2n) is 6.37. The molecule has 26 heavy (non-hydrogen) atoms. The number of alkyl halides is 3. The number of nitrogens with zero attached hydrogens (tertiary/aromatic N) is 2. The second-order valence-corrected chi connectivity index (χ2v) is 6.37. The number of aliphatic carboxylic acids is 1. The van der Waals surface area contributed by atoms with E-state index < -0.39 is 34.7 Å². The molecule has 1 heterocycles. The van der Waals surface area contributed by atoms with Crippen molar-refractivity contribution in [3.05, 3.63) is 47.3 Å². The molecule has 138 valence electrons. The molecule has 0 unspecified atom stereocenters. The Balaban J connectivity index is 1.94. The number of para-hydroxylation sites is 1. The van der Waals surface area contributed by atoms with E-state index in [1.54, 1.807) is 25.1 Å². The number of hydrogen-bond donors (Lipinski definition) is 2. The second kappa shape index (κ2) is 6.15. The lowest BCUT2D eigenvalue weighted by molar-refractivity contribution is -0.144. The van der Waals surface area contributed by atoms with Gasteiger partial charge in [-0.05, 0) is 31.4 Å². The van der Waals surface area contributed by atoms with Gasteiger partial charge in [0.2, 0.25) is 0 Å². The SMILES string of the molecule is Cc1ccccc1-n1ncc(C(=O)NCC2(C(=O)O)CC2)c1C(F)(F)F. The summed E-state index contributed by atoms with van der Waals surface area (Å²) < 4.78 is 41.5. The number of hydrogen-bond acceptors (Lipinski definition) is 3. The molecule has 3 rings (SSSR count). The third-order valence-corrected chi connectivity index (χ3v) is 4.52. The van der Waals surface area contributed by atoms with Gasteiger partial charge >= 0.3 is 12.1 Å². The monoisotopic (exact) mass is 367 g/mol. The number of aryl methyl sites for hydroxylation is 1. The fourth-order valence-electron chi connectivity index (χ4n) is 2.73. The van der Waals surface area contributed by atoms with Gasteiger partial charge in [0, 0.05) is 6.54 Å². The summed E-state index contributed by atoms with van der Waals surface area (Å²) in [5.74, 6) is -2.06. The van der Waals surface area contributed by atoms with Gasteiger partial charge in [0.05, 0.1) is 22.9 Å². The van der Waals surface area contributed by atoms with Crippen LogP contribution in [0.1, 0.15) is 34.5 Å². The molecule has 1 aromatic heterocycles. The number of benzene rings is 1. The average molecular weight is 367 g/mol. The zero-order chi connectivity index (χ0) is 19.1. The van der Waals surface area contributed by atoms with Crippen LogP contribution >= 0.6 is 0 Å². The van der Waals surface area contributed by atoms with Crippen molar-refractivity contribution >= 4 is 11.9 Å². The number of amides is 1. The maximum atomic E-state index is 13.6. The predicted octanol–water partition coefficient (Wildman–Crippen LogP) is 2.79. The number of halogens is 3. The van der Waals surface area contributed by atoms with Crippen molar-refractivity contribution in [1.82, 2.24) is 15.1 Å². The lowest BCUT2D eigenvalue weighted by Crippen LogP contribution is -2.35. The summed E-state index contributed by atoms with van der Waals surface area (Å²) in [6.45, 7) is 1.43. The van der Waals surface area contributed by atoms with Gasteiger partial charge in [-0.1, -0.05) is 18.2 Å². The molecule has 0 spiro atoms. The van der Waals surface area contributed by atoms with Gasteiger partial charge in [-0.2, -0.15) is 18.3 Å². The van der Waals surface area contributed by atoms with E-state index in [0.717, 1.165) is 6.20 Å². The van der Waals surface area contributed by atoms with Crippen molar-refractivity contribution in [2.45, 2.75) is 25.9 Å². The molecular weight excluding hydrogens is 351 g/mol. The maximum Gasteiger partial charge on any atom is 0.434 e. The van der Waals surface area contributed by atoms with Crippen LogP contribution in [0.5, 0.6) is 0 Å². The van der Waals surface area contributed by atoms with Crippen LogP contribution in [-0.4, -0.2) is 33.3 Å². The summed E-state index contributed by atoms with van der Waals surface area (Å²) in [6, 6.07) is 6.38. The van der Waals surface area contributed by atoms with Gasteiger partial charge in [0.25, 0.3) is 5.91 Å². The Morgan fingerprint density at radius 2 is 1.96 bits per heavy atom. The van der Waals surface area contributed by atoms with E-state index in [1.165, 1.54) is 6.07 Å². The number of carboxylic acids is 1. The van der Waals surface area contributed by atoms with Crippen LogP contribution < -0.4 is 5.32 Å². The summed E-state index contributed by atoms with van der Waals surface area (Å²) >= 11 is 0. The van der Waals surface area contributed by atoms with Crippen molar-refractivity contribution in [3.63, 3.8) is 0 Å². The summed E-state index contributed by atoms with van der Waals surface area (Å²) in [6.07, 6.45) is -3.19. The van der Waals surface area contributed by atoms with Crippen LogP contribution in [0.3, 0.4) is 0 Å². The van der Waals surface area contributed by atoms with Gasteiger partial charge < -0.3 is 10.4 Å². The minimum absolute atomic E-state index is 0.211. The number of carboxylic acid groups (broad SMARTS) is 1. The Labute approximate surface area is 146 Å². The zero-order valence-corrected chi connectivity index (χ0v) is 13.8. The molecule has 0 atom stereocenters. The van der Waals surface area contributed by atoms with Crippen LogP contribution in [0.2, 0.25) is 0 Å². The topological polar surface area (TPSA) is 84.2 Å². The first-order valence-electron chi connectivity index (χ1n) is 7.88. The van der Waals surface area contributed by atoms with Crippen molar-refractivity contribution in [2.75, 3.05) is 6.54 Å². The number of carbonyl (C=O) groups is 2. The van der Waals surface area contributed by atoms with Crippen molar-refractivity contribution in [2.24, 2.45) is 5.41 Å². The Morgan fingerprint density at radius 3 is 2.50 bits per heavy atom.